The fraction of sp³-hybridized carbons (Fsp3) is 0.385. The summed E-state index contributed by atoms with van der Waals surface area (Å²) < 4.78 is 3.44. The fourth-order valence-electron chi connectivity index (χ4n) is 1.96. The summed E-state index contributed by atoms with van der Waals surface area (Å²) in [6.45, 7) is 4.77. The average molecular weight is 246 g/mol. The lowest BCUT2D eigenvalue weighted by molar-refractivity contribution is 0.730. The molecule has 96 valence electrons. The molecule has 0 amide bonds. The van der Waals surface area contributed by atoms with Crippen LogP contribution >= 0.6 is 0 Å². The van der Waals surface area contributed by atoms with Gasteiger partial charge in [-0.25, -0.2) is 0 Å². The van der Waals surface area contributed by atoms with Crippen molar-refractivity contribution < 1.29 is 0 Å². The Bertz CT molecular complexity index is 624. The monoisotopic (exact) mass is 246 g/mol. The predicted molar refractivity (Wildman–Crippen MR) is 71.7 cm³/mol. The highest BCUT2D eigenvalue weighted by atomic mass is 16.1. The molecule has 0 atom stereocenters. The predicted octanol–water partition coefficient (Wildman–Crippen LogP) is 1.35. The maximum absolute atomic E-state index is 11.3. The van der Waals surface area contributed by atoms with Crippen molar-refractivity contribution in [3.63, 3.8) is 0 Å². The summed E-state index contributed by atoms with van der Waals surface area (Å²) in [5.74, 6) is 0. The molecule has 18 heavy (non-hydrogen) atoms. The maximum atomic E-state index is 11.3. The molecule has 0 aliphatic carbocycles. The molecule has 0 saturated carbocycles. The van der Waals surface area contributed by atoms with E-state index in [4.69, 9.17) is 0 Å². The number of hydrogen-bond donors (Lipinski definition) is 1. The third-order valence-electron chi connectivity index (χ3n) is 3.21. The van der Waals surface area contributed by atoms with Gasteiger partial charge < -0.3 is 9.88 Å². The quantitative estimate of drug-likeness (QED) is 0.889. The van der Waals surface area contributed by atoms with Crippen LogP contribution in [0.3, 0.4) is 0 Å². The fourth-order valence-corrected chi connectivity index (χ4v) is 1.96. The molecular formula is C13H18N4O. The zero-order valence-electron chi connectivity index (χ0n) is 11.2. The van der Waals surface area contributed by atoms with Gasteiger partial charge in [-0.1, -0.05) is 0 Å². The Labute approximate surface area is 106 Å². The number of hydrogen-bond acceptors (Lipinski definition) is 3. The highest BCUT2D eigenvalue weighted by Gasteiger charge is 2.08. The van der Waals surface area contributed by atoms with E-state index in [-0.39, 0.29) is 5.56 Å². The molecule has 5 heteroatoms. The van der Waals surface area contributed by atoms with Gasteiger partial charge in [0.1, 0.15) is 0 Å². The Kier molecular flexibility index (Phi) is 3.23. The van der Waals surface area contributed by atoms with E-state index in [2.05, 4.69) is 17.3 Å². The van der Waals surface area contributed by atoms with Crippen LogP contribution in [-0.2, 0) is 20.6 Å². The topological polar surface area (TPSA) is 51.9 Å². The SMILES string of the molecule is Cc1nn(C)c(C)c1CNc1ccc(=O)n(C)c1. The van der Waals surface area contributed by atoms with E-state index >= 15 is 0 Å². The van der Waals surface area contributed by atoms with E-state index in [1.54, 1.807) is 29.9 Å². The van der Waals surface area contributed by atoms with Gasteiger partial charge in [0.05, 0.1) is 11.4 Å². The molecule has 0 unspecified atom stereocenters. The molecule has 0 radical (unpaired) electrons. The van der Waals surface area contributed by atoms with E-state index in [0.717, 1.165) is 17.1 Å². The number of aromatic nitrogens is 3. The lowest BCUT2D eigenvalue weighted by Crippen LogP contribution is -2.15. The molecule has 0 aliphatic rings. The molecule has 2 rings (SSSR count). The zero-order chi connectivity index (χ0) is 13.3. The lowest BCUT2D eigenvalue weighted by atomic mass is 10.2. The van der Waals surface area contributed by atoms with Crippen molar-refractivity contribution >= 4 is 5.69 Å². The lowest BCUT2D eigenvalue weighted by Gasteiger charge is -2.08. The summed E-state index contributed by atoms with van der Waals surface area (Å²) in [7, 11) is 3.69. The van der Waals surface area contributed by atoms with Crippen LogP contribution in [0.25, 0.3) is 0 Å². The van der Waals surface area contributed by atoms with Crippen molar-refractivity contribution in [2.45, 2.75) is 20.4 Å². The number of anilines is 1. The molecule has 0 aliphatic heterocycles. The molecule has 0 spiro atoms. The Morgan fingerprint density at radius 1 is 1.28 bits per heavy atom. The van der Waals surface area contributed by atoms with E-state index < -0.39 is 0 Å². The van der Waals surface area contributed by atoms with Crippen LogP contribution in [0, 0.1) is 13.8 Å². The first kappa shape index (κ1) is 12.4. The van der Waals surface area contributed by atoms with Gasteiger partial charge >= 0.3 is 0 Å². The minimum atomic E-state index is -0.00529. The summed E-state index contributed by atoms with van der Waals surface area (Å²) in [6, 6.07) is 3.36. The standard InChI is InChI=1S/C13H18N4O/c1-9-12(10(2)17(4)15-9)7-14-11-5-6-13(18)16(3)8-11/h5-6,8,14H,7H2,1-4H3. The molecule has 0 bridgehead atoms. The third kappa shape index (κ3) is 2.30. The molecule has 1 N–H and O–H groups in total. The van der Waals surface area contributed by atoms with E-state index in [9.17, 15) is 4.79 Å². The Balaban J connectivity index is 2.16. The molecule has 0 saturated heterocycles. The first-order chi connectivity index (χ1) is 8.49. The molecule has 0 fully saturated rings. The van der Waals surface area contributed by atoms with Gasteiger partial charge in [0.25, 0.3) is 0 Å². The van der Waals surface area contributed by atoms with Crippen LogP contribution in [0.15, 0.2) is 23.1 Å². The number of pyridine rings is 1. The molecule has 5 nitrogen and oxygen atoms in total. The Hall–Kier alpha value is -2.04. The second-order valence-corrected chi connectivity index (χ2v) is 4.49. The van der Waals surface area contributed by atoms with Crippen molar-refractivity contribution in [3.8, 4) is 0 Å². The molecule has 2 heterocycles. The summed E-state index contributed by atoms with van der Waals surface area (Å²) in [4.78, 5) is 11.3. The highest BCUT2D eigenvalue weighted by Crippen LogP contribution is 2.14. The summed E-state index contributed by atoms with van der Waals surface area (Å²) >= 11 is 0. The van der Waals surface area contributed by atoms with Crippen LogP contribution in [-0.4, -0.2) is 14.3 Å². The molecule has 2 aromatic heterocycles. The normalized spacial score (nSPS) is 10.7. The molecule has 0 aromatic carbocycles. The van der Waals surface area contributed by atoms with E-state index in [1.807, 2.05) is 18.7 Å². The van der Waals surface area contributed by atoms with Crippen molar-refractivity contribution in [2.75, 3.05) is 5.32 Å². The minimum absolute atomic E-state index is 0.00529. The van der Waals surface area contributed by atoms with Gasteiger partial charge in [0.15, 0.2) is 0 Å². The second-order valence-electron chi connectivity index (χ2n) is 4.49. The van der Waals surface area contributed by atoms with Crippen LogP contribution in [0.4, 0.5) is 5.69 Å². The van der Waals surface area contributed by atoms with Crippen LogP contribution in [0.2, 0.25) is 0 Å². The summed E-state index contributed by atoms with van der Waals surface area (Å²) in [5.41, 5.74) is 4.32. The maximum Gasteiger partial charge on any atom is 0.250 e. The average Bonchev–Trinajstić information content (AvgIpc) is 2.56. The Morgan fingerprint density at radius 3 is 2.56 bits per heavy atom. The minimum Gasteiger partial charge on any atom is -0.380 e. The van der Waals surface area contributed by atoms with Crippen LogP contribution < -0.4 is 10.9 Å². The smallest absolute Gasteiger partial charge is 0.250 e. The zero-order valence-corrected chi connectivity index (χ0v) is 11.2. The molecule has 2 aromatic rings. The highest BCUT2D eigenvalue weighted by molar-refractivity contribution is 5.42. The first-order valence-corrected chi connectivity index (χ1v) is 5.88. The van der Waals surface area contributed by atoms with Crippen molar-refractivity contribution in [1.29, 1.82) is 0 Å². The van der Waals surface area contributed by atoms with Gasteiger partial charge in [-0.05, 0) is 19.9 Å². The van der Waals surface area contributed by atoms with Crippen molar-refractivity contribution in [2.24, 2.45) is 14.1 Å². The van der Waals surface area contributed by atoms with Crippen LogP contribution in [0.5, 0.6) is 0 Å². The number of nitrogens with one attached hydrogen (secondary N) is 1. The second kappa shape index (κ2) is 4.68. The van der Waals surface area contributed by atoms with Gasteiger partial charge in [0.2, 0.25) is 5.56 Å². The number of rotatable bonds is 3. The van der Waals surface area contributed by atoms with Gasteiger partial charge in [-0.3, -0.25) is 9.48 Å². The first-order valence-electron chi connectivity index (χ1n) is 5.88. The molecular weight excluding hydrogens is 228 g/mol. The summed E-state index contributed by atoms with van der Waals surface area (Å²) in [6.07, 6.45) is 1.80. The van der Waals surface area contributed by atoms with Crippen molar-refractivity contribution in [1.82, 2.24) is 14.3 Å². The van der Waals surface area contributed by atoms with Gasteiger partial charge in [-0.2, -0.15) is 5.10 Å². The van der Waals surface area contributed by atoms with Gasteiger partial charge in [0, 0.05) is 44.2 Å². The Morgan fingerprint density at radius 2 is 2.00 bits per heavy atom. The van der Waals surface area contributed by atoms with Gasteiger partial charge in [-0.15, -0.1) is 0 Å². The number of aryl methyl sites for hydroxylation is 3. The summed E-state index contributed by atoms with van der Waals surface area (Å²) in [5, 5.41) is 7.69. The van der Waals surface area contributed by atoms with Crippen LogP contribution in [0.1, 0.15) is 17.0 Å². The third-order valence-corrected chi connectivity index (χ3v) is 3.21. The van der Waals surface area contributed by atoms with E-state index in [0.29, 0.717) is 6.54 Å². The van der Waals surface area contributed by atoms with E-state index in [1.165, 1.54) is 5.56 Å². The van der Waals surface area contributed by atoms with Crippen molar-refractivity contribution in [3.05, 3.63) is 45.6 Å². The number of nitrogens with zero attached hydrogens (tertiary/aromatic N) is 3. The largest absolute Gasteiger partial charge is 0.380 e.